The number of ether oxygens (including phenoxy) is 1. The van der Waals surface area contributed by atoms with Gasteiger partial charge in [0.15, 0.2) is 29.1 Å². The molecule has 0 spiro atoms. The highest BCUT2D eigenvalue weighted by atomic mass is 19.2. The first-order valence-electron chi connectivity index (χ1n) is 7.26. The first-order chi connectivity index (χ1) is 12.0. The van der Waals surface area contributed by atoms with E-state index in [0.717, 1.165) is 18.2 Å². The molecule has 0 amide bonds. The Kier molecular flexibility index (Phi) is 4.70. The molecule has 0 N–H and O–H groups in total. The smallest absolute Gasteiger partial charge is 0.194 e. The molecule has 0 fully saturated rings. The molecule has 3 aromatic rings. The van der Waals surface area contributed by atoms with Crippen LogP contribution in [0.15, 0.2) is 54.6 Å². The number of benzene rings is 3. The van der Waals surface area contributed by atoms with Crippen molar-refractivity contribution >= 4 is 0 Å². The fourth-order valence-corrected chi connectivity index (χ4v) is 2.29. The first kappa shape index (κ1) is 17.0. The Morgan fingerprint density at radius 2 is 1.32 bits per heavy atom. The lowest BCUT2D eigenvalue weighted by molar-refractivity contribution is 0.299. The highest BCUT2D eigenvalue weighted by Gasteiger charge is 2.12. The summed E-state index contributed by atoms with van der Waals surface area (Å²) in [6, 6.07) is 11.7. The van der Waals surface area contributed by atoms with Crippen LogP contribution in [0.1, 0.15) is 5.56 Å². The van der Waals surface area contributed by atoms with Crippen LogP contribution in [-0.2, 0) is 6.61 Å². The average Bonchev–Trinajstić information content (AvgIpc) is 2.60. The van der Waals surface area contributed by atoms with Crippen LogP contribution in [0, 0.1) is 29.1 Å². The van der Waals surface area contributed by atoms with Gasteiger partial charge in [0.2, 0.25) is 0 Å². The van der Waals surface area contributed by atoms with Gasteiger partial charge in [-0.05, 0) is 17.2 Å². The van der Waals surface area contributed by atoms with Gasteiger partial charge in [-0.15, -0.1) is 0 Å². The molecule has 3 aromatic carbocycles. The molecule has 0 aromatic heterocycles. The molecule has 0 saturated heterocycles. The summed E-state index contributed by atoms with van der Waals surface area (Å²) < 4.78 is 71.4. The van der Waals surface area contributed by atoms with E-state index in [0.29, 0.717) is 11.1 Å². The molecule has 0 heterocycles. The minimum absolute atomic E-state index is 0.0313. The number of hydrogen-bond acceptors (Lipinski definition) is 1. The second-order valence-corrected chi connectivity index (χ2v) is 5.29. The van der Waals surface area contributed by atoms with Crippen LogP contribution in [-0.4, -0.2) is 0 Å². The molecule has 25 heavy (non-hydrogen) atoms. The standard InChI is InChI=1S/C19H11F5O/c20-15-3-1-2-14(18(15)23)12-6-4-11(5-7-12)10-25-13-8-16(21)19(24)17(22)9-13/h1-9H,10H2. The zero-order valence-electron chi connectivity index (χ0n) is 12.7. The predicted octanol–water partition coefficient (Wildman–Crippen LogP) is 5.63. The highest BCUT2D eigenvalue weighted by Crippen LogP contribution is 2.25. The van der Waals surface area contributed by atoms with Gasteiger partial charge in [-0.1, -0.05) is 36.4 Å². The normalized spacial score (nSPS) is 10.8. The summed E-state index contributed by atoms with van der Waals surface area (Å²) in [6.45, 7) is -0.0313. The Morgan fingerprint density at radius 3 is 1.96 bits per heavy atom. The van der Waals surface area contributed by atoms with Crippen molar-refractivity contribution in [2.45, 2.75) is 6.61 Å². The van der Waals surface area contributed by atoms with Gasteiger partial charge in [-0.25, -0.2) is 22.0 Å². The van der Waals surface area contributed by atoms with Gasteiger partial charge in [0.25, 0.3) is 0 Å². The predicted molar refractivity (Wildman–Crippen MR) is 82.4 cm³/mol. The third kappa shape index (κ3) is 3.63. The Morgan fingerprint density at radius 1 is 0.680 bits per heavy atom. The topological polar surface area (TPSA) is 9.23 Å². The van der Waals surface area contributed by atoms with Gasteiger partial charge >= 0.3 is 0 Å². The molecule has 128 valence electrons. The van der Waals surface area contributed by atoms with E-state index < -0.39 is 29.1 Å². The molecule has 0 atom stereocenters. The molecule has 3 rings (SSSR count). The monoisotopic (exact) mass is 350 g/mol. The lowest BCUT2D eigenvalue weighted by Gasteiger charge is -2.09. The maximum absolute atomic E-state index is 13.8. The number of hydrogen-bond donors (Lipinski definition) is 0. The van der Waals surface area contributed by atoms with Crippen LogP contribution in [0.5, 0.6) is 5.75 Å². The summed E-state index contributed by atoms with van der Waals surface area (Å²) in [5.41, 5.74) is 1.22. The third-order valence-electron chi connectivity index (χ3n) is 3.58. The van der Waals surface area contributed by atoms with Gasteiger partial charge in [0.1, 0.15) is 12.4 Å². The fourth-order valence-electron chi connectivity index (χ4n) is 2.29. The van der Waals surface area contributed by atoms with Crippen molar-refractivity contribution in [1.82, 2.24) is 0 Å². The zero-order chi connectivity index (χ0) is 18.0. The lowest BCUT2D eigenvalue weighted by atomic mass is 10.0. The van der Waals surface area contributed by atoms with Crippen molar-refractivity contribution < 1.29 is 26.7 Å². The summed E-state index contributed by atoms with van der Waals surface area (Å²) in [6.07, 6.45) is 0. The fraction of sp³-hybridized carbons (Fsp3) is 0.0526. The van der Waals surface area contributed by atoms with Crippen molar-refractivity contribution in [3.8, 4) is 16.9 Å². The van der Waals surface area contributed by atoms with Crippen molar-refractivity contribution in [2.24, 2.45) is 0 Å². The molecular formula is C19H11F5O. The van der Waals surface area contributed by atoms with E-state index >= 15 is 0 Å². The van der Waals surface area contributed by atoms with E-state index in [4.69, 9.17) is 4.74 Å². The van der Waals surface area contributed by atoms with Crippen LogP contribution < -0.4 is 4.74 Å². The second-order valence-electron chi connectivity index (χ2n) is 5.29. The molecule has 0 aliphatic carbocycles. The largest absolute Gasteiger partial charge is 0.489 e. The van der Waals surface area contributed by atoms with E-state index in [9.17, 15) is 22.0 Å². The molecule has 6 heteroatoms. The van der Waals surface area contributed by atoms with Crippen LogP contribution in [0.4, 0.5) is 22.0 Å². The third-order valence-corrected chi connectivity index (χ3v) is 3.58. The van der Waals surface area contributed by atoms with Crippen molar-refractivity contribution in [3.05, 3.63) is 89.2 Å². The molecule has 0 aliphatic heterocycles. The Hall–Kier alpha value is -2.89. The van der Waals surface area contributed by atoms with Gasteiger partial charge in [0, 0.05) is 17.7 Å². The summed E-state index contributed by atoms with van der Waals surface area (Å²) >= 11 is 0. The summed E-state index contributed by atoms with van der Waals surface area (Å²) in [5.74, 6) is -6.28. The van der Waals surface area contributed by atoms with Crippen LogP contribution in [0.2, 0.25) is 0 Å². The minimum atomic E-state index is -1.56. The molecule has 0 bridgehead atoms. The molecule has 0 aliphatic rings. The average molecular weight is 350 g/mol. The van der Waals surface area contributed by atoms with E-state index in [2.05, 4.69) is 0 Å². The van der Waals surface area contributed by atoms with Crippen molar-refractivity contribution in [3.63, 3.8) is 0 Å². The Balaban J connectivity index is 1.74. The molecule has 0 unspecified atom stereocenters. The maximum atomic E-state index is 13.8. The summed E-state index contributed by atoms with van der Waals surface area (Å²) in [7, 11) is 0. The number of halogens is 5. The van der Waals surface area contributed by atoms with Crippen LogP contribution >= 0.6 is 0 Å². The lowest BCUT2D eigenvalue weighted by Crippen LogP contribution is -1.98. The molecule has 0 radical (unpaired) electrons. The van der Waals surface area contributed by atoms with Crippen molar-refractivity contribution in [2.75, 3.05) is 0 Å². The van der Waals surface area contributed by atoms with Gasteiger partial charge < -0.3 is 4.74 Å². The highest BCUT2D eigenvalue weighted by molar-refractivity contribution is 5.64. The Bertz CT molecular complexity index is 883. The molecule has 1 nitrogen and oxygen atoms in total. The SMILES string of the molecule is Fc1cc(OCc2ccc(-c3cccc(F)c3F)cc2)cc(F)c1F. The van der Waals surface area contributed by atoms with Gasteiger partial charge in [-0.2, -0.15) is 0 Å². The Labute approximate surface area is 140 Å². The maximum Gasteiger partial charge on any atom is 0.194 e. The van der Waals surface area contributed by atoms with E-state index in [1.54, 1.807) is 24.3 Å². The van der Waals surface area contributed by atoms with E-state index in [1.807, 2.05) is 0 Å². The van der Waals surface area contributed by atoms with Crippen LogP contribution in [0.3, 0.4) is 0 Å². The first-order valence-corrected chi connectivity index (χ1v) is 7.26. The quantitative estimate of drug-likeness (QED) is 0.438. The second kappa shape index (κ2) is 6.93. The van der Waals surface area contributed by atoms with E-state index in [-0.39, 0.29) is 17.9 Å². The molecular weight excluding hydrogens is 339 g/mol. The van der Waals surface area contributed by atoms with Gasteiger partial charge in [-0.3, -0.25) is 0 Å². The summed E-state index contributed by atoms with van der Waals surface area (Å²) in [5, 5.41) is 0. The van der Waals surface area contributed by atoms with Crippen molar-refractivity contribution in [1.29, 1.82) is 0 Å². The molecule has 0 saturated carbocycles. The van der Waals surface area contributed by atoms with Crippen LogP contribution in [0.25, 0.3) is 11.1 Å². The number of rotatable bonds is 4. The minimum Gasteiger partial charge on any atom is -0.489 e. The summed E-state index contributed by atoms with van der Waals surface area (Å²) in [4.78, 5) is 0. The van der Waals surface area contributed by atoms with Gasteiger partial charge in [0.05, 0.1) is 0 Å². The van der Waals surface area contributed by atoms with E-state index in [1.165, 1.54) is 12.1 Å². The zero-order valence-corrected chi connectivity index (χ0v) is 12.7.